The van der Waals surface area contributed by atoms with E-state index in [9.17, 15) is 14.7 Å². The summed E-state index contributed by atoms with van der Waals surface area (Å²) in [6.07, 6.45) is 15.4. The smallest absolute Gasteiger partial charge is 0.310 e. The Morgan fingerprint density at radius 1 is 1.07 bits per heavy atom. The maximum absolute atomic E-state index is 13.2. The van der Waals surface area contributed by atoms with Crippen LogP contribution in [-0.2, 0) is 16.1 Å². The third-order valence-electron chi connectivity index (χ3n) is 9.30. The molecule has 1 aliphatic heterocycles. The molecule has 1 saturated heterocycles. The second kappa shape index (κ2) is 14.4. The molecule has 1 spiro atoms. The Kier molecular flexibility index (Phi) is 11.0. The summed E-state index contributed by atoms with van der Waals surface area (Å²) in [5, 5.41) is 15.7. The molecular weight excluding hydrogens is 502 g/mol. The zero-order valence-corrected chi connectivity index (χ0v) is 24.6. The molecule has 2 heterocycles. The van der Waals surface area contributed by atoms with Crippen molar-refractivity contribution in [2.45, 2.75) is 122 Å². The van der Waals surface area contributed by atoms with Gasteiger partial charge in [-0.2, -0.15) is 0 Å². The first-order valence-corrected chi connectivity index (χ1v) is 15.7. The molecule has 2 N–H and O–H groups in total. The van der Waals surface area contributed by atoms with E-state index in [0.29, 0.717) is 18.7 Å². The highest BCUT2D eigenvalue weighted by molar-refractivity contribution is 5.72. The van der Waals surface area contributed by atoms with E-state index in [0.717, 1.165) is 56.9 Å². The lowest BCUT2D eigenvalue weighted by Gasteiger charge is -2.56. The van der Waals surface area contributed by atoms with E-state index in [2.05, 4.69) is 17.2 Å². The molecule has 3 atom stereocenters. The van der Waals surface area contributed by atoms with E-state index in [1.54, 1.807) is 6.33 Å². The maximum atomic E-state index is 13.2. The number of rotatable bonds is 13. The first kappa shape index (κ1) is 30.4. The van der Waals surface area contributed by atoms with E-state index < -0.39 is 17.2 Å². The number of carbonyl (C=O) groups excluding carboxylic acids is 1. The van der Waals surface area contributed by atoms with Crippen molar-refractivity contribution in [2.75, 3.05) is 6.54 Å². The van der Waals surface area contributed by atoms with Crippen LogP contribution in [0, 0.1) is 11.3 Å². The molecular formula is C33H49N3O4. The minimum absolute atomic E-state index is 0.136. The van der Waals surface area contributed by atoms with Gasteiger partial charge in [0.2, 0.25) is 0 Å². The van der Waals surface area contributed by atoms with Crippen LogP contribution < -0.4 is 10.9 Å². The Morgan fingerprint density at radius 2 is 1.77 bits per heavy atom. The predicted molar refractivity (Wildman–Crippen MR) is 159 cm³/mol. The van der Waals surface area contributed by atoms with Crippen LogP contribution in [0.5, 0.6) is 0 Å². The molecule has 40 heavy (non-hydrogen) atoms. The average Bonchev–Trinajstić information content (AvgIpc) is 2.97. The number of hydrogen-bond donors (Lipinski definition) is 2. The number of esters is 1. The quantitative estimate of drug-likeness (QED) is 0.226. The van der Waals surface area contributed by atoms with E-state index in [-0.39, 0.29) is 24.0 Å². The molecule has 3 unspecified atom stereocenters. The van der Waals surface area contributed by atoms with Gasteiger partial charge < -0.3 is 9.84 Å². The van der Waals surface area contributed by atoms with Gasteiger partial charge in [0.25, 0.3) is 5.56 Å². The molecule has 4 rings (SSSR count). The fourth-order valence-corrected chi connectivity index (χ4v) is 6.75. The van der Waals surface area contributed by atoms with Crippen LogP contribution in [0.1, 0.15) is 104 Å². The van der Waals surface area contributed by atoms with E-state index >= 15 is 0 Å². The predicted octanol–water partition coefficient (Wildman–Crippen LogP) is 6.23. The van der Waals surface area contributed by atoms with Crippen LogP contribution in [0.2, 0.25) is 0 Å². The molecule has 7 heteroatoms. The molecule has 1 saturated carbocycles. The van der Waals surface area contributed by atoms with E-state index in [4.69, 9.17) is 4.74 Å². The summed E-state index contributed by atoms with van der Waals surface area (Å²) in [6.45, 7) is 4.85. The van der Waals surface area contributed by atoms with Gasteiger partial charge in [0.05, 0.1) is 35.5 Å². The Hall–Kier alpha value is -2.51. The van der Waals surface area contributed by atoms with Gasteiger partial charge >= 0.3 is 5.97 Å². The highest BCUT2D eigenvalue weighted by atomic mass is 16.6. The second-order valence-corrected chi connectivity index (χ2v) is 12.2. The monoisotopic (exact) mass is 551 g/mol. The minimum atomic E-state index is -1.19. The number of unbranched alkanes of at least 4 members (excludes halogenated alkanes) is 6. The molecule has 220 valence electrons. The van der Waals surface area contributed by atoms with Gasteiger partial charge in [-0.05, 0) is 25.7 Å². The minimum Gasteiger partial charge on any atom is -0.446 e. The van der Waals surface area contributed by atoms with Crippen molar-refractivity contribution in [3.8, 4) is 11.3 Å². The number of aliphatic hydroxyl groups is 1. The van der Waals surface area contributed by atoms with Crippen LogP contribution in [0.3, 0.4) is 0 Å². The summed E-state index contributed by atoms with van der Waals surface area (Å²) >= 11 is 0. The van der Waals surface area contributed by atoms with Gasteiger partial charge in [-0.25, -0.2) is 4.98 Å². The maximum Gasteiger partial charge on any atom is 0.310 e. The highest BCUT2D eigenvalue weighted by Crippen LogP contribution is 2.52. The Labute approximate surface area is 239 Å². The van der Waals surface area contributed by atoms with Gasteiger partial charge in [-0.1, -0.05) is 108 Å². The Morgan fingerprint density at radius 3 is 2.48 bits per heavy atom. The van der Waals surface area contributed by atoms with Crippen LogP contribution in [-0.4, -0.2) is 39.0 Å². The normalized spacial score (nSPS) is 23.1. The molecule has 2 fully saturated rings. The summed E-state index contributed by atoms with van der Waals surface area (Å²) in [5.41, 5.74) is -0.522. The van der Waals surface area contributed by atoms with Crippen LogP contribution in [0.25, 0.3) is 11.3 Å². The van der Waals surface area contributed by atoms with Crippen molar-refractivity contribution in [3.63, 3.8) is 0 Å². The largest absolute Gasteiger partial charge is 0.446 e. The molecule has 1 aliphatic carbocycles. The summed E-state index contributed by atoms with van der Waals surface area (Å²) < 4.78 is 7.71. The molecule has 2 aliphatic rings. The van der Waals surface area contributed by atoms with E-state index in [1.165, 1.54) is 42.7 Å². The van der Waals surface area contributed by atoms with Crippen LogP contribution >= 0.6 is 0 Å². The Balaban J connectivity index is 1.44. The third kappa shape index (κ3) is 7.22. The van der Waals surface area contributed by atoms with Gasteiger partial charge in [-0.15, -0.1) is 0 Å². The number of nitrogens with zero attached hydrogens (tertiary/aromatic N) is 2. The number of aromatic nitrogens is 2. The molecule has 2 aromatic rings. The van der Waals surface area contributed by atoms with Crippen molar-refractivity contribution >= 4 is 5.97 Å². The number of benzene rings is 1. The number of carbonyl (C=O) groups is 1. The van der Waals surface area contributed by atoms with Crippen molar-refractivity contribution in [2.24, 2.45) is 11.3 Å². The number of ether oxygens (including phenoxy) is 1. The molecule has 0 amide bonds. The Bertz CT molecular complexity index is 1130. The highest BCUT2D eigenvalue weighted by Gasteiger charge is 2.59. The lowest BCUT2D eigenvalue weighted by molar-refractivity contribution is -0.218. The van der Waals surface area contributed by atoms with Gasteiger partial charge in [0.15, 0.2) is 6.23 Å². The third-order valence-corrected chi connectivity index (χ3v) is 9.30. The summed E-state index contributed by atoms with van der Waals surface area (Å²) in [5.74, 6) is -0.366. The van der Waals surface area contributed by atoms with Gasteiger partial charge in [-0.3, -0.25) is 19.5 Å². The van der Waals surface area contributed by atoms with Crippen LogP contribution in [0.4, 0.5) is 0 Å². The molecule has 7 nitrogen and oxygen atoms in total. The molecule has 1 aromatic carbocycles. The zero-order valence-electron chi connectivity index (χ0n) is 24.6. The lowest BCUT2D eigenvalue weighted by Crippen LogP contribution is -2.68. The van der Waals surface area contributed by atoms with Gasteiger partial charge in [0, 0.05) is 18.2 Å². The first-order chi connectivity index (χ1) is 19.4. The molecule has 0 radical (unpaired) electrons. The summed E-state index contributed by atoms with van der Waals surface area (Å²) in [7, 11) is 0. The fourth-order valence-electron chi connectivity index (χ4n) is 6.75. The lowest BCUT2D eigenvalue weighted by atomic mass is 9.59. The number of hydrogen-bond acceptors (Lipinski definition) is 6. The van der Waals surface area contributed by atoms with Crippen molar-refractivity contribution in [3.05, 3.63) is 53.1 Å². The standard InChI is InChI=1S/C33H49N3O4/c1-3-4-5-6-7-8-11-16-26(2)30(38)40-31-32(19-14-10-15-20-32)33(39,21-22-34-31)24-36-25-35-28(23-29(36)37)27-17-12-9-13-18-27/h9,12-13,17-18,23,25-26,31,34,39H,3-8,10-11,14-16,19-22,24H2,1-2H3. The van der Waals surface area contributed by atoms with Crippen molar-refractivity contribution < 1.29 is 14.6 Å². The van der Waals surface area contributed by atoms with Gasteiger partial charge in [0.1, 0.15) is 0 Å². The molecule has 0 bridgehead atoms. The fraction of sp³-hybridized carbons (Fsp3) is 0.667. The van der Waals surface area contributed by atoms with Crippen molar-refractivity contribution in [1.82, 2.24) is 14.9 Å². The summed E-state index contributed by atoms with van der Waals surface area (Å²) in [4.78, 5) is 30.9. The second-order valence-electron chi connectivity index (χ2n) is 12.2. The number of piperidine rings is 1. The van der Waals surface area contributed by atoms with Crippen LogP contribution in [0.15, 0.2) is 47.5 Å². The van der Waals surface area contributed by atoms with Crippen molar-refractivity contribution in [1.29, 1.82) is 0 Å². The first-order valence-electron chi connectivity index (χ1n) is 15.7. The van der Waals surface area contributed by atoms with E-state index in [1.807, 2.05) is 37.3 Å². The SMILES string of the molecule is CCCCCCCCCC(C)C(=O)OC1NCCC(O)(Cn2cnc(-c3ccccc3)cc2=O)C12CCCCC2. The summed E-state index contributed by atoms with van der Waals surface area (Å²) in [6, 6.07) is 11.2. The topological polar surface area (TPSA) is 93.4 Å². The number of nitrogens with one attached hydrogen (secondary N) is 1. The average molecular weight is 552 g/mol. The zero-order chi connectivity index (χ0) is 28.4. The molecule has 1 aromatic heterocycles.